The summed E-state index contributed by atoms with van der Waals surface area (Å²) in [7, 11) is -2.07. The van der Waals surface area contributed by atoms with Gasteiger partial charge in [-0.05, 0) is 31.0 Å². The van der Waals surface area contributed by atoms with Gasteiger partial charge in [-0.2, -0.15) is 0 Å². The molecule has 2 fully saturated rings. The quantitative estimate of drug-likeness (QED) is 0.767. The fourth-order valence-electron chi connectivity index (χ4n) is 2.80. The van der Waals surface area contributed by atoms with Crippen LogP contribution in [0.25, 0.3) is 0 Å². The Morgan fingerprint density at radius 1 is 1.42 bits per heavy atom. The van der Waals surface area contributed by atoms with Crippen molar-refractivity contribution >= 4 is 8.32 Å². The van der Waals surface area contributed by atoms with Crippen LogP contribution in [0.1, 0.15) is 26.7 Å². The Morgan fingerprint density at radius 3 is 2.84 bits per heavy atom. The first-order chi connectivity index (χ1) is 8.79. The first kappa shape index (κ1) is 15.4. The van der Waals surface area contributed by atoms with Gasteiger partial charge in [-0.25, -0.2) is 0 Å². The topological polar surface area (TPSA) is 44.7 Å². The molecule has 2 aliphatic heterocycles. The first-order valence-electron chi connectivity index (χ1n) is 7.57. The predicted molar refractivity (Wildman–Crippen MR) is 80.9 cm³/mol. The summed E-state index contributed by atoms with van der Waals surface area (Å²) in [5.74, 6) is 0. The van der Waals surface area contributed by atoms with E-state index < -0.39 is 8.32 Å². The van der Waals surface area contributed by atoms with Crippen molar-refractivity contribution in [2.75, 3.05) is 32.8 Å². The largest absolute Gasteiger partial charge is 0.432 e. The maximum Gasteiger partial charge on any atom is 0.188 e. The number of ether oxygens (including phenoxy) is 1. The lowest BCUT2D eigenvalue weighted by molar-refractivity contribution is -0.0270. The van der Waals surface area contributed by atoms with Crippen molar-refractivity contribution in [3.63, 3.8) is 0 Å². The molecule has 2 rings (SSSR count). The molecule has 0 spiro atoms. The van der Waals surface area contributed by atoms with Gasteiger partial charge in [0, 0.05) is 31.7 Å². The Kier molecular flexibility index (Phi) is 4.73. The third kappa shape index (κ3) is 3.79. The monoisotopic (exact) mass is 286 g/mol. The second-order valence-corrected chi connectivity index (χ2v) is 11.8. The first-order valence-corrected chi connectivity index (χ1v) is 10.5. The van der Waals surface area contributed by atoms with Crippen molar-refractivity contribution in [2.24, 2.45) is 0 Å². The van der Waals surface area contributed by atoms with E-state index in [2.05, 4.69) is 37.2 Å². The zero-order valence-corrected chi connectivity index (χ0v) is 13.9. The summed E-state index contributed by atoms with van der Waals surface area (Å²) in [4.78, 5) is 12.9. The Bertz CT molecular complexity index is 304. The van der Waals surface area contributed by atoms with E-state index in [0.29, 0.717) is 12.1 Å². The molecule has 0 aromatic rings. The van der Waals surface area contributed by atoms with E-state index in [1.54, 1.807) is 0 Å². The van der Waals surface area contributed by atoms with Gasteiger partial charge in [0.2, 0.25) is 0 Å². The number of nitrogens with zero attached hydrogens (tertiary/aromatic N) is 1. The normalized spacial score (nSPS) is 30.2. The summed E-state index contributed by atoms with van der Waals surface area (Å²) < 4.78 is 5.52. The lowest BCUT2D eigenvalue weighted by Crippen LogP contribution is -2.60. The second-order valence-electron chi connectivity index (χ2n) is 7.31. The molecule has 2 saturated heterocycles. The molecule has 19 heavy (non-hydrogen) atoms. The lowest BCUT2D eigenvalue weighted by atomic mass is 9.99. The zero-order valence-electron chi connectivity index (χ0n) is 12.9. The lowest BCUT2D eigenvalue weighted by Gasteiger charge is -2.44. The van der Waals surface area contributed by atoms with Crippen LogP contribution in [0.2, 0.25) is 18.1 Å². The van der Waals surface area contributed by atoms with E-state index in [0.717, 1.165) is 45.7 Å². The van der Waals surface area contributed by atoms with Gasteiger partial charge in [0.1, 0.15) is 0 Å². The summed E-state index contributed by atoms with van der Waals surface area (Å²) in [6.45, 7) is 13.6. The maximum atomic E-state index is 10.4. The average Bonchev–Trinajstić information content (AvgIpc) is 2.35. The van der Waals surface area contributed by atoms with Gasteiger partial charge in [-0.1, -0.05) is 13.8 Å². The number of piperazine rings is 1. The molecule has 2 atom stereocenters. The molecular weight excluding hydrogens is 256 g/mol. The van der Waals surface area contributed by atoms with Crippen molar-refractivity contribution in [1.29, 1.82) is 0 Å². The molecule has 0 bridgehead atoms. The number of rotatable bonds is 4. The number of hydrogen-bond donors (Lipinski definition) is 2. The number of nitrogens with one attached hydrogen (secondary N) is 1. The zero-order chi connectivity index (χ0) is 14.1. The van der Waals surface area contributed by atoms with E-state index in [1.807, 2.05) is 0 Å². The maximum absolute atomic E-state index is 10.4. The van der Waals surface area contributed by atoms with Crippen LogP contribution in [-0.2, 0) is 4.74 Å². The van der Waals surface area contributed by atoms with Crippen LogP contribution in [0.5, 0.6) is 0 Å². The fourth-order valence-corrected chi connectivity index (χ4v) is 3.56. The summed E-state index contributed by atoms with van der Waals surface area (Å²) in [5.41, 5.74) is 0. The van der Waals surface area contributed by atoms with Crippen molar-refractivity contribution in [3.05, 3.63) is 0 Å². The third-order valence-electron chi connectivity index (χ3n) is 5.22. The smallest absolute Gasteiger partial charge is 0.188 e. The van der Waals surface area contributed by atoms with Crippen LogP contribution in [0.3, 0.4) is 0 Å². The van der Waals surface area contributed by atoms with Gasteiger partial charge >= 0.3 is 0 Å². The Morgan fingerprint density at radius 2 is 2.16 bits per heavy atom. The summed E-state index contributed by atoms with van der Waals surface area (Å²) >= 11 is 0. The standard InChI is InChI=1S/C14H30N2O2Si/c1-14(2,19(3,4)17)6-5-12-10-16-7-8-18-11-13(16)9-15-12/h12-13,15,17H,5-11H2,1-4H3/t12-,13-/m1/s1. The van der Waals surface area contributed by atoms with E-state index in [1.165, 1.54) is 0 Å². The molecule has 0 saturated carbocycles. The molecule has 0 aliphatic carbocycles. The second kappa shape index (κ2) is 5.82. The van der Waals surface area contributed by atoms with Crippen LogP contribution < -0.4 is 5.32 Å². The van der Waals surface area contributed by atoms with Gasteiger partial charge in [-0.15, -0.1) is 0 Å². The predicted octanol–water partition coefficient (Wildman–Crippen LogP) is 1.42. The summed E-state index contributed by atoms with van der Waals surface area (Å²) in [5, 5.41) is 3.75. The van der Waals surface area contributed by atoms with Crippen molar-refractivity contribution in [2.45, 2.75) is 56.9 Å². The molecule has 0 unspecified atom stereocenters. The Labute approximate surface area is 118 Å². The Hall–Kier alpha value is 0.0569. The molecule has 112 valence electrons. The molecule has 4 nitrogen and oxygen atoms in total. The number of morpholine rings is 1. The molecular formula is C14H30N2O2Si. The van der Waals surface area contributed by atoms with Crippen LogP contribution in [0.4, 0.5) is 0 Å². The summed E-state index contributed by atoms with van der Waals surface area (Å²) in [6.07, 6.45) is 2.27. The summed E-state index contributed by atoms with van der Waals surface area (Å²) in [6, 6.07) is 1.15. The molecule has 2 N–H and O–H groups in total. The molecule has 2 heterocycles. The molecule has 2 aliphatic rings. The van der Waals surface area contributed by atoms with E-state index in [-0.39, 0.29) is 5.04 Å². The van der Waals surface area contributed by atoms with Crippen LogP contribution in [0, 0.1) is 0 Å². The van der Waals surface area contributed by atoms with Crippen LogP contribution >= 0.6 is 0 Å². The van der Waals surface area contributed by atoms with Gasteiger partial charge in [0.05, 0.1) is 13.2 Å². The number of fused-ring (bicyclic) bond motifs is 1. The highest BCUT2D eigenvalue weighted by Gasteiger charge is 2.38. The molecule has 0 radical (unpaired) electrons. The number of hydrogen-bond acceptors (Lipinski definition) is 4. The Balaban J connectivity index is 1.81. The van der Waals surface area contributed by atoms with Crippen LogP contribution in [0.15, 0.2) is 0 Å². The molecule has 5 heteroatoms. The van der Waals surface area contributed by atoms with E-state index in [4.69, 9.17) is 4.74 Å². The van der Waals surface area contributed by atoms with Crippen molar-refractivity contribution in [3.8, 4) is 0 Å². The highest BCUT2D eigenvalue weighted by molar-refractivity contribution is 6.72. The van der Waals surface area contributed by atoms with Gasteiger partial charge in [0.15, 0.2) is 8.32 Å². The van der Waals surface area contributed by atoms with Crippen molar-refractivity contribution < 1.29 is 9.53 Å². The van der Waals surface area contributed by atoms with E-state index in [9.17, 15) is 4.80 Å². The average molecular weight is 286 g/mol. The van der Waals surface area contributed by atoms with Crippen LogP contribution in [-0.4, -0.2) is 62.9 Å². The third-order valence-corrected chi connectivity index (χ3v) is 8.78. The highest BCUT2D eigenvalue weighted by Crippen LogP contribution is 2.40. The molecule has 0 aromatic heterocycles. The van der Waals surface area contributed by atoms with Crippen molar-refractivity contribution in [1.82, 2.24) is 10.2 Å². The van der Waals surface area contributed by atoms with Gasteiger partial charge in [-0.3, -0.25) is 4.90 Å². The minimum absolute atomic E-state index is 0.0938. The minimum Gasteiger partial charge on any atom is -0.432 e. The SMILES string of the molecule is CC(C)(CC[C@@H]1CN2CCOC[C@H]2CN1)[Si](C)(C)O. The van der Waals surface area contributed by atoms with E-state index >= 15 is 0 Å². The minimum atomic E-state index is -2.07. The molecule has 0 amide bonds. The fraction of sp³-hybridized carbons (Fsp3) is 1.00. The molecule has 0 aromatic carbocycles. The van der Waals surface area contributed by atoms with Gasteiger partial charge in [0.25, 0.3) is 0 Å². The van der Waals surface area contributed by atoms with Gasteiger partial charge < -0.3 is 14.8 Å². The highest BCUT2D eigenvalue weighted by atomic mass is 28.4.